The van der Waals surface area contributed by atoms with Crippen LogP contribution < -0.4 is 14.8 Å². The number of nitrogens with one attached hydrogen (secondary N) is 1. The number of hydrogen-bond donors (Lipinski definition) is 1. The van der Waals surface area contributed by atoms with E-state index in [0.717, 1.165) is 29.8 Å². The SMILES string of the molecule is N#Cc1cc2c(cc1Oc1ccc(C(=O)Nc3nc4ccc(C(F)(F)F)cc4s3)cc1)OCCC2C=O. The Kier molecular flexibility index (Phi) is 6.27. The molecule has 1 amide bonds. The van der Waals surface area contributed by atoms with E-state index in [1.807, 2.05) is 0 Å². The lowest BCUT2D eigenvalue weighted by atomic mass is 9.93. The smallest absolute Gasteiger partial charge is 0.416 e. The van der Waals surface area contributed by atoms with E-state index in [9.17, 15) is 28.0 Å². The molecule has 1 atom stereocenters. The maximum absolute atomic E-state index is 12.9. The summed E-state index contributed by atoms with van der Waals surface area (Å²) in [6, 6.07) is 14.5. The Labute approximate surface area is 212 Å². The van der Waals surface area contributed by atoms with Gasteiger partial charge < -0.3 is 14.3 Å². The van der Waals surface area contributed by atoms with E-state index in [1.165, 1.54) is 18.2 Å². The summed E-state index contributed by atoms with van der Waals surface area (Å²) in [5.74, 6) is 0.242. The van der Waals surface area contributed by atoms with Crippen molar-refractivity contribution in [3.05, 3.63) is 76.9 Å². The molecule has 0 saturated heterocycles. The summed E-state index contributed by atoms with van der Waals surface area (Å²) < 4.78 is 50.6. The molecule has 0 aliphatic carbocycles. The van der Waals surface area contributed by atoms with Crippen LogP contribution in [0.4, 0.5) is 18.3 Å². The van der Waals surface area contributed by atoms with Crippen LogP contribution in [0.15, 0.2) is 54.6 Å². The monoisotopic (exact) mass is 523 g/mol. The molecule has 1 aliphatic rings. The number of benzene rings is 3. The van der Waals surface area contributed by atoms with Gasteiger partial charge in [-0.2, -0.15) is 18.4 Å². The van der Waals surface area contributed by atoms with Gasteiger partial charge in [0.2, 0.25) is 0 Å². The number of nitriles is 1. The zero-order chi connectivity index (χ0) is 26.2. The molecule has 4 aromatic rings. The second-order valence-corrected chi connectivity index (χ2v) is 9.19. The first-order valence-electron chi connectivity index (χ1n) is 11.0. The van der Waals surface area contributed by atoms with Crippen LogP contribution in [0.25, 0.3) is 10.2 Å². The first-order chi connectivity index (χ1) is 17.7. The number of hydrogen-bond acceptors (Lipinski definition) is 7. The standard InChI is InChI=1S/C26H16F3N3O4S/c27-26(28,29)17-3-6-20-23(10-17)37-25(31-20)32-24(34)14-1-4-18(5-2-14)36-21-11-22-19(9-16(21)12-30)15(13-33)7-8-35-22/h1-6,9-11,13,15H,7-8H2,(H,31,32,34). The predicted octanol–water partition coefficient (Wildman–Crippen LogP) is 6.30. The fourth-order valence-electron chi connectivity index (χ4n) is 3.88. The number of fused-ring (bicyclic) bond motifs is 2. The van der Waals surface area contributed by atoms with Crippen LogP contribution in [0.1, 0.15) is 39.4 Å². The van der Waals surface area contributed by atoms with E-state index in [1.54, 1.807) is 24.3 Å². The molecule has 186 valence electrons. The summed E-state index contributed by atoms with van der Waals surface area (Å²) in [5, 5.41) is 12.3. The molecule has 5 rings (SSSR count). The summed E-state index contributed by atoms with van der Waals surface area (Å²) in [6.07, 6.45) is -3.10. The van der Waals surface area contributed by atoms with Crippen molar-refractivity contribution < 1.29 is 32.2 Å². The Balaban J connectivity index is 1.31. The van der Waals surface area contributed by atoms with Gasteiger partial charge in [0.15, 0.2) is 5.13 Å². The lowest BCUT2D eigenvalue weighted by Crippen LogP contribution is -2.15. The highest BCUT2D eigenvalue weighted by molar-refractivity contribution is 7.22. The van der Waals surface area contributed by atoms with E-state index in [2.05, 4.69) is 16.4 Å². The van der Waals surface area contributed by atoms with Crippen LogP contribution in [0.3, 0.4) is 0 Å². The molecule has 0 bridgehead atoms. The first kappa shape index (κ1) is 24.3. The van der Waals surface area contributed by atoms with E-state index in [0.29, 0.717) is 40.3 Å². The van der Waals surface area contributed by atoms with Gasteiger partial charge in [0, 0.05) is 23.1 Å². The van der Waals surface area contributed by atoms with Crippen LogP contribution in [-0.2, 0) is 11.0 Å². The molecule has 0 saturated carbocycles. The third-order valence-electron chi connectivity index (χ3n) is 5.76. The van der Waals surface area contributed by atoms with Crippen molar-refractivity contribution in [1.29, 1.82) is 5.26 Å². The van der Waals surface area contributed by atoms with Gasteiger partial charge in [-0.15, -0.1) is 0 Å². The van der Waals surface area contributed by atoms with E-state index >= 15 is 0 Å². The number of aldehydes is 1. The topological polar surface area (TPSA) is 101 Å². The van der Waals surface area contributed by atoms with E-state index in [-0.39, 0.29) is 27.9 Å². The Bertz CT molecular complexity index is 1560. The minimum atomic E-state index is -4.47. The number of amides is 1. The normalized spacial score (nSPS) is 14.8. The van der Waals surface area contributed by atoms with E-state index in [4.69, 9.17) is 9.47 Å². The Hall–Kier alpha value is -4.43. The lowest BCUT2D eigenvalue weighted by Gasteiger charge is -2.23. The number of ether oxygens (including phenoxy) is 2. The molecular formula is C26H16F3N3O4S. The van der Waals surface area contributed by atoms with Gasteiger partial charge in [0.05, 0.1) is 28.0 Å². The van der Waals surface area contributed by atoms with Crippen LogP contribution in [0.5, 0.6) is 17.2 Å². The number of halogens is 3. The van der Waals surface area contributed by atoms with Gasteiger partial charge in [-0.1, -0.05) is 11.3 Å². The molecular weight excluding hydrogens is 507 g/mol. The highest BCUT2D eigenvalue weighted by Gasteiger charge is 2.31. The molecule has 11 heteroatoms. The second kappa shape index (κ2) is 9.55. The highest BCUT2D eigenvalue weighted by atomic mass is 32.1. The zero-order valence-electron chi connectivity index (χ0n) is 18.8. The minimum Gasteiger partial charge on any atom is -0.493 e. The van der Waals surface area contributed by atoms with Gasteiger partial charge in [0.1, 0.15) is 29.6 Å². The Morgan fingerprint density at radius 3 is 2.68 bits per heavy atom. The summed E-state index contributed by atoms with van der Waals surface area (Å²) in [5.41, 5.74) is 0.708. The molecule has 1 unspecified atom stereocenters. The number of rotatable bonds is 5. The average Bonchev–Trinajstić information content (AvgIpc) is 3.29. The molecule has 2 heterocycles. The van der Waals surface area contributed by atoms with Gasteiger partial charge in [0.25, 0.3) is 5.91 Å². The third kappa shape index (κ3) is 4.96. The van der Waals surface area contributed by atoms with Crippen molar-refractivity contribution >= 4 is 38.9 Å². The summed E-state index contributed by atoms with van der Waals surface area (Å²) in [7, 11) is 0. The van der Waals surface area contributed by atoms with Crippen LogP contribution in [-0.4, -0.2) is 23.8 Å². The molecule has 7 nitrogen and oxygen atoms in total. The number of thiazole rings is 1. The molecule has 3 aromatic carbocycles. The number of carbonyl (C=O) groups excluding carboxylic acids is 2. The molecule has 0 fully saturated rings. The van der Waals surface area contributed by atoms with E-state index < -0.39 is 17.6 Å². The molecule has 0 radical (unpaired) electrons. The highest BCUT2D eigenvalue weighted by Crippen LogP contribution is 2.39. The van der Waals surface area contributed by atoms with Gasteiger partial charge in [-0.05, 0) is 55.0 Å². The molecule has 0 spiro atoms. The van der Waals surface area contributed by atoms with Crippen LogP contribution in [0, 0.1) is 11.3 Å². The minimum absolute atomic E-state index is 0.168. The average molecular weight is 523 g/mol. The number of aromatic nitrogens is 1. The largest absolute Gasteiger partial charge is 0.493 e. The Morgan fingerprint density at radius 2 is 1.97 bits per heavy atom. The van der Waals surface area contributed by atoms with Gasteiger partial charge in [-0.25, -0.2) is 4.98 Å². The van der Waals surface area contributed by atoms with Crippen LogP contribution in [0.2, 0.25) is 0 Å². The summed E-state index contributed by atoms with van der Waals surface area (Å²) in [4.78, 5) is 28.2. The zero-order valence-corrected chi connectivity index (χ0v) is 19.7. The van der Waals surface area contributed by atoms with Crippen molar-refractivity contribution in [2.24, 2.45) is 0 Å². The molecule has 37 heavy (non-hydrogen) atoms. The van der Waals surface area contributed by atoms with Crippen molar-refractivity contribution in [2.75, 3.05) is 11.9 Å². The number of alkyl halides is 3. The molecule has 1 N–H and O–H groups in total. The van der Waals surface area contributed by atoms with Gasteiger partial charge in [-0.3, -0.25) is 10.1 Å². The number of carbonyl (C=O) groups is 2. The second-order valence-electron chi connectivity index (χ2n) is 8.16. The van der Waals surface area contributed by atoms with Crippen LogP contribution >= 0.6 is 11.3 Å². The maximum atomic E-state index is 12.9. The number of nitrogens with zero attached hydrogens (tertiary/aromatic N) is 2. The van der Waals surface area contributed by atoms with Crippen molar-refractivity contribution in [1.82, 2.24) is 4.98 Å². The fraction of sp³-hybridized carbons (Fsp3) is 0.154. The van der Waals surface area contributed by atoms with Crippen molar-refractivity contribution in [3.8, 4) is 23.3 Å². The third-order valence-corrected chi connectivity index (χ3v) is 6.70. The number of anilines is 1. The lowest BCUT2D eigenvalue weighted by molar-refractivity contribution is -0.137. The predicted molar refractivity (Wildman–Crippen MR) is 129 cm³/mol. The quantitative estimate of drug-likeness (QED) is 0.308. The molecule has 1 aliphatic heterocycles. The maximum Gasteiger partial charge on any atom is 0.416 e. The summed E-state index contributed by atoms with van der Waals surface area (Å²) in [6.45, 7) is 0.379. The fourth-order valence-corrected chi connectivity index (χ4v) is 4.78. The first-order valence-corrected chi connectivity index (χ1v) is 11.8. The Morgan fingerprint density at radius 1 is 1.19 bits per heavy atom. The molecule has 1 aromatic heterocycles. The van der Waals surface area contributed by atoms with Crippen molar-refractivity contribution in [2.45, 2.75) is 18.5 Å². The van der Waals surface area contributed by atoms with Crippen molar-refractivity contribution in [3.63, 3.8) is 0 Å². The summed E-state index contributed by atoms with van der Waals surface area (Å²) >= 11 is 0.940. The van der Waals surface area contributed by atoms with Gasteiger partial charge >= 0.3 is 6.18 Å².